The summed E-state index contributed by atoms with van der Waals surface area (Å²) >= 11 is 0. The minimum atomic E-state index is 0.603. The molecule has 2 rings (SSSR count). The second kappa shape index (κ2) is 5.25. The molecule has 0 saturated heterocycles. The van der Waals surface area contributed by atoms with Gasteiger partial charge in [0.1, 0.15) is 0 Å². The van der Waals surface area contributed by atoms with Crippen LogP contribution in [0.2, 0.25) is 0 Å². The van der Waals surface area contributed by atoms with Gasteiger partial charge in [-0.3, -0.25) is 0 Å². The number of benzene rings is 1. The van der Waals surface area contributed by atoms with Crippen molar-refractivity contribution in [3.8, 4) is 0 Å². The molecule has 1 saturated carbocycles. The zero-order valence-corrected chi connectivity index (χ0v) is 11.6. The molecule has 1 aliphatic carbocycles. The molecule has 0 amide bonds. The van der Waals surface area contributed by atoms with Crippen molar-refractivity contribution in [2.24, 2.45) is 17.3 Å². The Labute approximate surface area is 106 Å². The van der Waals surface area contributed by atoms with E-state index >= 15 is 0 Å². The highest BCUT2D eigenvalue weighted by Crippen LogP contribution is 2.54. The summed E-state index contributed by atoms with van der Waals surface area (Å²) < 4.78 is 0. The fourth-order valence-corrected chi connectivity index (χ4v) is 3.50. The van der Waals surface area contributed by atoms with Crippen molar-refractivity contribution in [3.63, 3.8) is 0 Å². The minimum Gasteiger partial charge on any atom is -0.0651 e. The van der Waals surface area contributed by atoms with Crippen molar-refractivity contribution < 1.29 is 0 Å². The first-order chi connectivity index (χ1) is 8.14. The van der Waals surface area contributed by atoms with E-state index in [1.807, 2.05) is 0 Å². The Balaban J connectivity index is 1.74. The van der Waals surface area contributed by atoms with Gasteiger partial charge in [0, 0.05) is 0 Å². The van der Waals surface area contributed by atoms with Crippen LogP contribution in [0.25, 0.3) is 0 Å². The zero-order chi connectivity index (χ0) is 12.3. The average molecular weight is 230 g/mol. The Morgan fingerprint density at radius 3 is 2.41 bits per heavy atom. The molecule has 0 bridgehead atoms. The molecule has 1 aromatic rings. The predicted octanol–water partition coefficient (Wildman–Crippen LogP) is 5.08. The van der Waals surface area contributed by atoms with Gasteiger partial charge in [0.15, 0.2) is 0 Å². The second-order valence-electron chi connectivity index (χ2n) is 6.24. The van der Waals surface area contributed by atoms with Crippen LogP contribution in [0, 0.1) is 17.3 Å². The molecule has 94 valence electrons. The molecule has 1 aliphatic rings. The van der Waals surface area contributed by atoms with Gasteiger partial charge < -0.3 is 0 Å². The van der Waals surface area contributed by atoms with Gasteiger partial charge >= 0.3 is 0 Å². The van der Waals surface area contributed by atoms with Crippen LogP contribution >= 0.6 is 0 Å². The Morgan fingerprint density at radius 2 is 1.82 bits per heavy atom. The standard InChI is InChI=1S/C17H26/c1-4-15-13-16(17(15,2)3)12-8-11-14-9-6-5-7-10-14/h5-7,9-10,15-16H,4,8,11-13H2,1-3H3/t15-,16?/m1/s1. The van der Waals surface area contributed by atoms with Gasteiger partial charge in [-0.25, -0.2) is 0 Å². The molecule has 0 N–H and O–H groups in total. The smallest absolute Gasteiger partial charge is 0.0279 e. The van der Waals surface area contributed by atoms with Gasteiger partial charge in [0.25, 0.3) is 0 Å². The first kappa shape index (κ1) is 12.7. The van der Waals surface area contributed by atoms with Crippen molar-refractivity contribution in [2.45, 2.75) is 52.9 Å². The van der Waals surface area contributed by atoms with E-state index in [1.165, 1.54) is 37.7 Å². The normalized spacial score (nSPS) is 26.5. The molecule has 0 heteroatoms. The SMILES string of the molecule is CC[C@@H]1CC(CCCc2ccccc2)C1(C)C. The van der Waals surface area contributed by atoms with Crippen molar-refractivity contribution in [2.75, 3.05) is 0 Å². The second-order valence-corrected chi connectivity index (χ2v) is 6.24. The molecule has 17 heavy (non-hydrogen) atoms. The number of hydrogen-bond donors (Lipinski definition) is 0. The molecular weight excluding hydrogens is 204 g/mol. The van der Waals surface area contributed by atoms with Gasteiger partial charge in [0.2, 0.25) is 0 Å². The maximum Gasteiger partial charge on any atom is -0.0279 e. The molecule has 2 atom stereocenters. The molecule has 0 nitrogen and oxygen atoms in total. The van der Waals surface area contributed by atoms with Crippen LogP contribution < -0.4 is 0 Å². The lowest BCUT2D eigenvalue weighted by Crippen LogP contribution is -2.44. The third kappa shape index (κ3) is 2.73. The maximum atomic E-state index is 2.47. The number of hydrogen-bond acceptors (Lipinski definition) is 0. The topological polar surface area (TPSA) is 0 Å². The van der Waals surface area contributed by atoms with Crippen LogP contribution in [0.4, 0.5) is 0 Å². The summed E-state index contributed by atoms with van der Waals surface area (Å²) in [5.74, 6) is 1.94. The molecule has 0 radical (unpaired) electrons. The van der Waals surface area contributed by atoms with Crippen LogP contribution in [-0.2, 0) is 6.42 Å². The summed E-state index contributed by atoms with van der Waals surface area (Å²) in [7, 11) is 0. The van der Waals surface area contributed by atoms with Gasteiger partial charge in [-0.1, -0.05) is 57.5 Å². The van der Waals surface area contributed by atoms with Crippen molar-refractivity contribution in [3.05, 3.63) is 35.9 Å². The summed E-state index contributed by atoms with van der Waals surface area (Å²) in [6.07, 6.45) is 6.86. The van der Waals surface area contributed by atoms with Crippen molar-refractivity contribution in [1.29, 1.82) is 0 Å². The van der Waals surface area contributed by atoms with Crippen LogP contribution in [0.1, 0.15) is 52.0 Å². The number of rotatable bonds is 5. The van der Waals surface area contributed by atoms with Gasteiger partial charge in [0.05, 0.1) is 0 Å². The fraction of sp³-hybridized carbons (Fsp3) is 0.647. The highest BCUT2D eigenvalue weighted by Gasteiger charge is 2.45. The molecule has 0 spiro atoms. The quantitative estimate of drug-likeness (QED) is 0.661. The third-order valence-corrected chi connectivity index (χ3v) is 5.03. The molecule has 1 unspecified atom stereocenters. The van der Waals surface area contributed by atoms with Crippen LogP contribution in [0.5, 0.6) is 0 Å². The molecular formula is C17H26. The van der Waals surface area contributed by atoms with E-state index in [2.05, 4.69) is 51.1 Å². The lowest BCUT2D eigenvalue weighted by molar-refractivity contribution is -0.0282. The zero-order valence-electron chi connectivity index (χ0n) is 11.6. The van der Waals surface area contributed by atoms with Crippen molar-refractivity contribution in [1.82, 2.24) is 0 Å². The first-order valence-corrected chi connectivity index (χ1v) is 7.18. The average Bonchev–Trinajstić information content (AvgIpc) is 2.34. The molecule has 1 fully saturated rings. The first-order valence-electron chi connectivity index (χ1n) is 7.18. The summed E-state index contributed by atoms with van der Waals surface area (Å²) in [4.78, 5) is 0. The Kier molecular flexibility index (Phi) is 3.91. The molecule has 0 aliphatic heterocycles. The summed E-state index contributed by atoms with van der Waals surface area (Å²) in [5, 5.41) is 0. The highest BCUT2D eigenvalue weighted by molar-refractivity contribution is 5.14. The molecule has 0 heterocycles. The van der Waals surface area contributed by atoms with E-state index in [0.29, 0.717) is 5.41 Å². The van der Waals surface area contributed by atoms with E-state index in [4.69, 9.17) is 0 Å². The van der Waals surface area contributed by atoms with Gasteiger partial charge in [-0.2, -0.15) is 0 Å². The largest absolute Gasteiger partial charge is 0.0651 e. The summed E-state index contributed by atoms with van der Waals surface area (Å²) in [5.41, 5.74) is 2.10. The van der Waals surface area contributed by atoms with E-state index in [9.17, 15) is 0 Å². The predicted molar refractivity (Wildman–Crippen MR) is 75.0 cm³/mol. The lowest BCUT2D eigenvalue weighted by Gasteiger charge is -2.52. The van der Waals surface area contributed by atoms with Gasteiger partial charge in [-0.05, 0) is 48.5 Å². The summed E-state index contributed by atoms with van der Waals surface area (Å²) in [6.45, 7) is 7.28. The van der Waals surface area contributed by atoms with Gasteiger partial charge in [-0.15, -0.1) is 0 Å². The van der Waals surface area contributed by atoms with E-state index < -0.39 is 0 Å². The van der Waals surface area contributed by atoms with Crippen LogP contribution in [-0.4, -0.2) is 0 Å². The van der Waals surface area contributed by atoms with Crippen LogP contribution in [0.15, 0.2) is 30.3 Å². The van der Waals surface area contributed by atoms with E-state index in [1.54, 1.807) is 0 Å². The number of aryl methyl sites for hydroxylation is 1. The third-order valence-electron chi connectivity index (χ3n) is 5.03. The highest BCUT2D eigenvalue weighted by atomic mass is 14.5. The molecule has 0 aromatic heterocycles. The van der Waals surface area contributed by atoms with Crippen molar-refractivity contribution >= 4 is 0 Å². The lowest BCUT2D eigenvalue weighted by atomic mass is 9.53. The van der Waals surface area contributed by atoms with Crippen LogP contribution in [0.3, 0.4) is 0 Å². The monoisotopic (exact) mass is 230 g/mol. The summed E-state index contributed by atoms with van der Waals surface area (Å²) in [6, 6.07) is 10.9. The minimum absolute atomic E-state index is 0.603. The Hall–Kier alpha value is -0.780. The van der Waals surface area contributed by atoms with E-state index in [-0.39, 0.29) is 0 Å². The Morgan fingerprint density at radius 1 is 1.12 bits per heavy atom. The maximum absolute atomic E-state index is 2.47. The fourth-order valence-electron chi connectivity index (χ4n) is 3.50. The molecule has 1 aromatic carbocycles. The Bertz CT molecular complexity index is 336. The van der Waals surface area contributed by atoms with E-state index in [0.717, 1.165) is 11.8 Å².